The molecule has 0 bridgehead atoms. The van der Waals surface area contributed by atoms with Gasteiger partial charge in [0, 0.05) is 18.2 Å². The molecule has 3 rings (SSSR count). The van der Waals surface area contributed by atoms with Gasteiger partial charge in [0.05, 0.1) is 17.7 Å². The van der Waals surface area contributed by atoms with Gasteiger partial charge < -0.3 is 9.15 Å². The van der Waals surface area contributed by atoms with Crippen LogP contribution in [-0.4, -0.2) is 36.8 Å². The van der Waals surface area contributed by atoms with Gasteiger partial charge in [-0.3, -0.25) is 14.5 Å². The number of rotatable bonds is 3. The Morgan fingerprint density at radius 3 is 2.62 bits per heavy atom. The van der Waals surface area contributed by atoms with Gasteiger partial charge in [-0.05, 0) is 48.9 Å². The summed E-state index contributed by atoms with van der Waals surface area (Å²) < 4.78 is 10.5. The van der Waals surface area contributed by atoms with Gasteiger partial charge >= 0.3 is 5.97 Å². The normalized spacial score (nSPS) is 15.7. The van der Waals surface area contributed by atoms with Gasteiger partial charge in [-0.1, -0.05) is 11.6 Å². The molecular formula is C21H15ClN2O5. The quantitative estimate of drug-likeness (QED) is 0.435. The molecule has 0 saturated carbocycles. The van der Waals surface area contributed by atoms with Crippen LogP contribution in [0.15, 0.2) is 51.5 Å². The number of hydrogen-bond donors (Lipinski definition) is 0. The zero-order valence-corrected chi connectivity index (χ0v) is 16.5. The Morgan fingerprint density at radius 2 is 1.97 bits per heavy atom. The van der Waals surface area contributed by atoms with Gasteiger partial charge in [-0.2, -0.15) is 5.26 Å². The first kappa shape index (κ1) is 20.1. The maximum atomic E-state index is 12.5. The van der Waals surface area contributed by atoms with Crippen LogP contribution in [0.4, 0.5) is 0 Å². The number of carbonyl (C=O) groups excluding carboxylic acids is 3. The zero-order valence-electron chi connectivity index (χ0n) is 15.8. The minimum Gasteiger partial charge on any atom is -0.465 e. The van der Waals surface area contributed by atoms with Crippen molar-refractivity contribution in [3.05, 3.63) is 63.4 Å². The maximum absolute atomic E-state index is 12.5. The van der Waals surface area contributed by atoms with E-state index in [1.165, 1.54) is 20.2 Å². The van der Waals surface area contributed by atoms with Crippen LogP contribution in [0.3, 0.4) is 0 Å². The molecule has 8 heteroatoms. The highest BCUT2D eigenvalue weighted by Crippen LogP contribution is 2.30. The summed E-state index contributed by atoms with van der Waals surface area (Å²) in [5, 5.41) is 9.47. The number of amides is 2. The second-order valence-electron chi connectivity index (χ2n) is 6.23. The Labute approximate surface area is 171 Å². The van der Waals surface area contributed by atoms with Gasteiger partial charge in [0.2, 0.25) is 0 Å². The van der Waals surface area contributed by atoms with Crippen LogP contribution in [0.2, 0.25) is 5.02 Å². The highest BCUT2D eigenvalue weighted by Gasteiger charge is 2.33. The number of halogens is 1. The van der Waals surface area contributed by atoms with E-state index < -0.39 is 17.8 Å². The van der Waals surface area contributed by atoms with Crippen molar-refractivity contribution in [3.63, 3.8) is 0 Å². The smallest absolute Gasteiger partial charge is 0.339 e. The summed E-state index contributed by atoms with van der Waals surface area (Å²) in [6, 6.07) is 9.93. The Balaban J connectivity index is 2.02. The first-order valence-electron chi connectivity index (χ1n) is 8.42. The zero-order chi connectivity index (χ0) is 21.3. The fraction of sp³-hybridized carbons (Fsp3) is 0.143. The second kappa shape index (κ2) is 7.78. The topological polar surface area (TPSA) is 101 Å². The van der Waals surface area contributed by atoms with Crippen LogP contribution < -0.4 is 0 Å². The molecule has 2 amide bonds. The molecule has 0 radical (unpaired) electrons. The Morgan fingerprint density at radius 1 is 1.24 bits per heavy atom. The molecule has 0 N–H and O–H groups in total. The van der Waals surface area contributed by atoms with Crippen molar-refractivity contribution in [2.75, 3.05) is 14.2 Å². The lowest BCUT2D eigenvalue weighted by Gasteiger charge is -2.23. The third-order valence-electron chi connectivity index (χ3n) is 4.51. The van der Waals surface area contributed by atoms with E-state index in [9.17, 15) is 19.6 Å². The summed E-state index contributed by atoms with van der Waals surface area (Å²) in [7, 11) is 2.58. The molecular weight excluding hydrogens is 396 g/mol. The molecule has 0 fully saturated rings. The van der Waals surface area contributed by atoms with E-state index in [-0.39, 0.29) is 27.3 Å². The molecule has 29 heavy (non-hydrogen) atoms. The van der Waals surface area contributed by atoms with Crippen molar-refractivity contribution in [3.8, 4) is 17.4 Å². The number of esters is 1. The number of carbonyl (C=O) groups is 3. The minimum absolute atomic E-state index is 0.0921. The molecule has 0 atom stereocenters. The van der Waals surface area contributed by atoms with E-state index >= 15 is 0 Å². The number of likely N-dealkylation sites (N-methyl/N-ethyl adjacent to an activating group) is 1. The summed E-state index contributed by atoms with van der Waals surface area (Å²) in [5.41, 5.74) is 1.18. The summed E-state index contributed by atoms with van der Waals surface area (Å²) >= 11 is 6.03. The van der Waals surface area contributed by atoms with Crippen molar-refractivity contribution in [1.82, 2.24) is 4.90 Å². The number of nitrogens with zero attached hydrogens (tertiary/aromatic N) is 2. The van der Waals surface area contributed by atoms with Crippen molar-refractivity contribution in [2.24, 2.45) is 0 Å². The van der Waals surface area contributed by atoms with Crippen LogP contribution in [-0.2, 0) is 14.3 Å². The van der Waals surface area contributed by atoms with E-state index in [4.69, 9.17) is 20.8 Å². The van der Waals surface area contributed by atoms with Gasteiger partial charge in [-0.25, -0.2) is 4.79 Å². The molecule has 0 saturated heterocycles. The van der Waals surface area contributed by atoms with E-state index in [0.717, 1.165) is 4.90 Å². The molecule has 146 valence electrons. The molecule has 0 aliphatic carbocycles. The number of furan rings is 1. The molecule has 1 aliphatic rings. The van der Waals surface area contributed by atoms with Crippen LogP contribution in [0.5, 0.6) is 0 Å². The maximum Gasteiger partial charge on any atom is 0.339 e. The highest BCUT2D eigenvalue weighted by atomic mass is 35.5. The Hall–Kier alpha value is -3.63. The predicted octanol–water partition coefficient (Wildman–Crippen LogP) is 3.61. The largest absolute Gasteiger partial charge is 0.465 e. The van der Waals surface area contributed by atoms with Gasteiger partial charge in [0.15, 0.2) is 0 Å². The van der Waals surface area contributed by atoms with Crippen molar-refractivity contribution in [2.45, 2.75) is 6.92 Å². The van der Waals surface area contributed by atoms with Crippen LogP contribution in [0.1, 0.15) is 23.0 Å². The van der Waals surface area contributed by atoms with Crippen molar-refractivity contribution in [1.29, 1.82) is 5.26 Å². The van der Waals surface area contributed by atoms with Gasteiger partial charge in [-0.15, -0.1) is 0 Å². The molecule has 2 aromatic rings. The van der Waals surface area contributed by atoms with E-state index in [2.05, 4.69) is 0 Å². The fourth-order valence-electron chi connectivity index (χ4n) is 2.87. The highest BCUT2D eigenvalue weighted by molar-refractivity contribution is 6.33. The van der Waals surface area contributed by atoms with E-state index in [0.29, 0.717) is 17.1 Å². The SMILES string of the molecule is COC(=O)c1cc(-c2ccc(/C=C3/C(=O)N(C)C(=O)C(C#N)=C3C)o2)ccc1Cl. The third kappa shape index (κ3) is 3.58. The molecule has 1 aliphatic heterocycles. The summed E-state index contributed by atoms with van der Waals surface area (Å²) in [6.45, 7) is 1.54. The number of methoxy groups -OCH3 is 1. The predicted molar refractivity (Wildman–Crippen MR) is 105 cm³/mol. The summed E-state index contributed by atoms with van der Waals surface area (Å²) in [6.07, 6.45) is 1.47. The third-order valence-corrected chi connectivity index (χ3v) is 4.84. The lowest BCUT2D eigenvalue weighted by Crippen LogP contribution is -2.39. The minimum atomic E-state index is -0.635. The second-order valence-corrected chi connectivity index (χ2v) is 6.63. The van der Waals surface area contributed by atoms with Gasteiger partial charge in [0.1, 0.15) is 23.2 Å². The molecule has 0 unspecified atom stereocenters. The van der Waals surface area contributed by atoms with Gasteiger partial charge in [0.25, 0.3) is 11.8 Å². The number of imide groups is 1. The monoisotopic (exact) mass is 410 g/mol. The van der Waals surface area contributed by atoms with Crippen molar-refractivity contribution >= 4 is 35.5 Å². The number of hydrogen-bond acceptors (Lipinski definition) is 6. The Bertz CT molecular complexity index is 1150. The number of benzene rings is 1. The summed E-state index contributed by atoms with van der Waals surface area (Å²) in [5.74, 6) is -0.949. The molecule has 1 aromatic carbocycles. The fourth-order valence-corrected chi connectivity index (χ4v) is 3.07. The number of nitriles is 1. The van der Waals surface area contributed by atoms with Crippen LogP contribution in [0, 0.1) is 11.3 Å². The first-order chi connectivity index (χ1) is 13.8. The molecule has 2 heterocycles. The number of ether oxygens (including phenoxy) is 1. The first-order valence-corrected chi connectivity index (χ1v) is 8.79. The lowest BCUT2D eigenvalue weighted by molar-refractivity contribution is -0.138. The van der Waals surface area contributed by atoms with Crippen LogP contribution >= 0.6 is 11.6 Å². The molecule has 7 nitrogen and oxygen atoms in total. The average Bonchev–Trinajstić information content (AvgIpc) is 3.18. The average molecular weight is 411 g/mol. The molecule has 1 aromatic heterocycles. The Kier molecular flexibility index (Phi) is 5.39. The van der Waals surface area contributed by atoms with Crippen molar-refractivity contribution < 1.29 is 23.5 Å². The standard InChI is InChI=1S/C21H15ClN2O5/c1-11-14(19(25)24(2)20(26)16(11)10-23)9-13-5-7-18(29-13)12-4-6-17(22)15(8-12)21(27)28-3/h4-9H,1-3H3/b14-9+. The van der Waals surface area contributed by atoms with Crippen LogP contribution in [0.25, 0.3) is 17.4 Å². The van der Waals surface area contributed by atoms with E-state index in [1.54, 1.807) is 37.3 Å². The summed E-state index contributed by atoms with van der Waals surface area (Å²) in [4.78, 5) is 37.2. The lowest BCUT2D eigenvalue weighted by atomic mass is 9.95. The van der Waals surface area contributed by atoms with E-state index in [1.807, 2.05) is 6.07 Å². The molecule has 0 spiro atoms.